The van der Waals surface area contributed by atoms with Crippen LogP contribution in [0.3, 0.4) is 0 Å². The Morgan fingerprint density at radius 2 is 1.46 bits per heavy atom. The molecular formula is C24H24N2O2. The third kappa shape index (κ3) is 4.12. The molecule has 28 heavy (non-hydrogen) atoms. The first-order valence-corrected chi connectivity index (χ1v) is 9.17. The SMILES string of the molecule is CC(=O)Nc1ccc(C(C)(c2ccccc2)c2ccc(COC=N)cc2)cc1. The molecule has 4 heteroatoms. The average Bonchev–Trinajstić information content (AvgIpc) is 2.73. The summed E-state index contributed by atoms with van der Waals surface area (Å²) in [5, 5.41) is 9.82. The number of hydrogen-bond acceptors (Lipinski definition) is 3. The predicted molar refractivity (Wildman–Crippen MR) is 113 cm³/mol. The third-order valence-corrected chi connectivity index (χ3v) is 5.00. The van der Waals surface area contributed by atoms with Crippen LogP contribution in [-0.4, -0.2) is 12.3 Å². The van der Waals surface area contributed by atoms with Crippen molar-refractivity contribution in [3.05, 3.63) is 101 Å². The van der Waals surface area contributed by atoms with E-state index in [0.717, 1.165) is 28.8 Å². The zero-order valence-electron chi connectivity index (χ0n) is 16.1. The molecule has 0 aliphatic heterocycles. The van der Waals surface area contributed by atoms with Crippen LogP contribution in [-0.2, 0) is 21.6 Å². The highest BCUT2D eigenvalue weighted by Gasteiger charge is 2.31. The maximum atomic E-state index is 11.3. The molecule has 0 heterocycles. The second kappa shape index (κ2) is 8.53. The van der Waals surface area contributed by atoms with Crippen molar-refractivity contribution in [2.75, 3.05) is 5.32 Å². The standard InChI is InChI=1S/C24H24N2O2/c1-18(27)26-23-14-12-22(13-15-23)24(2,20-6-4-3-5-7-20)21-10-8-19(9-11-21)16-28-17-25/h3-15,17,25H,16H2,1-2H3,(H,26,27). The topological polar surface area (TPSA) is 62.2 Å². The summed E-state index contributed by atoms with van der Waals surface area (Å²) < 4.78 is 5.07. The Bertz CT molecular complexity index is 935. The molecule has 3 aromatic carbocycles. The molecule has 0 fully saturated rings. The minimum atomic E-state index is -0.350. The van der Waals surface area contributed by atoms with Gasteiger partial charge in [0.25, 0.3) is 0 Å². The van der Waals surface area contributed by atoms with Crippen molar-refractivity contribution in [2.45, 2.75) is 25.9 Å². The molecule has 142 valence electrons. The van der Waals surface area contributed by atoms with Crippen molar-refractivity contribution in [3.63, 3.8) is 0 Å². The quantitative estimate of drug-likeness (QED) is 0.343. The normalized spacial score (nSPS) is 12.6. The maximum Gasteiger partial charge on any atom is 0.221 e. The molecule has 0 saturated heterocycles. The lowest BCUT2D eigenvalue weighted by Crippen LogP contribution is -2.25. The minimum absolute atomic E-state index is 0.0821. The summed E-state index contributed by atoms with van der Waals surface area (Å²) in [6.07, 6.45) is 0.957. The number of carbonyl (C=O) groups excluding carboxylic acids is 1. The summed E-state index contributed by atoms with van der Waals surface area (Å²) in [7, 11) is 0. The van der Waals surface area contributed by atoms with Gasteiger partial charge in [0.2, 0.25) is 5.91 Å². The summed E-state index contributed by atoms with van der Waals surface area (Å²) in [6.45, 7) is 4.10. The van der Waals surface area contributed by atoms with Crippen LogP contribution in [0.5, 0.6) is 0 Å². The molecule has 2 N–H and O–H groups in total. The van der Waals surface area contributed by atoms with Crippen LogP contribution >= 0.6 is 0 Å². The van der Waals surface area contributed by atoms with Crippen LogP contribution in [0, 0.1) is 5.41 Å². The van der Waals surface area contributed by atoms with E-state index in [2.05, 4.69) is 48.6 Å². The first-order valence-electron chi connectivity index (χ1n) is 9.17. The van der Waals surface area contributed by atoms with E-state index >= 15 is 0 Å². The van der Waals surface area contributed by atoms with Crippen LogP contribution < -0.4 is 5.32 Å². The van der Waals surface area contributed by atoms with E-state index < -0.39 is 0 Å². The lowest BCUT2D eigenvalue weighted by atomic mass is 9.71. The first kappa shape index (κ1) is 19.4. The van der Waals surface area contributed by atoms with Crippen molar-refractivity contribution < 1.29 is 9.53 Å². The molecule has 0 saturated carbocycles. The Balaban J connectivity index is 2.03. The van der Waals surface area contributed by atoms with Gasteiger partial charge in [-0.2, -0.15) is 0 Å². The lowest BCUT2D eigenvalue weighted by Gasteiger charge is -2.32. The monoisotopic (exact) mass is 372 g/mol. The first-order chi connectivity index (χ1) is 13.5. The number of rotatable bonds is 7. The molecule has 0 spiro atoms. The highest BCUT2D eigenvalue weighted by atomic mass is 16.5. The lowest BCUT2D eigenvalue weighted by molar-refractivity contribution is -0.114. The second-order valence-corrected chi connectivity index (χ2v) is 6.88. The summed E-state index contributed by atoms with van der Waals surface area (Å²) >= 11 is 0. The summed E-state index contributed by atoms with van der Waals surface area (Å²) in [6, 6.07) is 26.6. The fourth-order valence-corrected chi connectivity index (χ4v) is 3.43. The molecule has 0 bridgehead atoms. The van der Waals surface area contributed by atoms with E-state index in [0.29, 0.717) is 6.61 Å². The van der Waals surface area contributed by atoms with Crippen LogP contribution in [0.15, 0.2) is 78.9 Å². The van der Waals surface area contributed by atoms with Gasteiger partial charge in [0.1, 0.15) is 6.61 Å². The number of anilines is 1. The number of benzene rings is 3. The van der Waals surface area contributed by atoms with Gasteiger partial charge in [-0.25, -0.2) is 0 Å². The fourth-order valence-electron chi connectivity index (χ4n) is 3.43. The fraction of sp³-hybridized carbons (Fsp3) is 0.167. The van der Waals surface area contributed by atoms with E-state index in [1.54, 1.807) is 0 Å². The molecule has 1 atom stereocenters. The molecule has 0 aliphatic rings. The molecule has 0 radical (unpaired) electrons. The van der Waals surface area contributed by atoms with E-state index in [-0.39, 0.29) is 11.3 Å². The summed E-state index contributed by atoms with van der Waals surface area (Å²) in [5.74, 6) is -0.0821. The predicted octanol–water partition coefficient (Wildman–Crippen LogP) is 5.12. The molecule has 3 rings (SSSR count). The number of hydrogen-bond donors (Lipinski definition) is 2. The van der Waals surface area contributed by atoms with E-state index in [1.165, 1.54) is 12.5 Å². The van der Waals surface area contributed by atoms with Gasteiger partial charge in [0, 0.05) is 18.0 Å². The highest BCUT2D eigenvalue weighted by Crippen LogP contribution is 2.39. The van der Waals surface area contributed by atoms with Gasteiger partial charge in [-0.1, -0.05) is 66.7 Å². The van der Waals surface area contributed by atoms with E-state index in [1.807, 2.05) is 42.5 Å². The molecule has 4 nitrogen and oxygen atoms in total. The van der Waals surface area contributed by atoms with Crippen molar-refractivity contribution in [1.29, 1.82) is 5.41 Å². The second-order valence-electron chi connectivity index (χ2n) is 6.88. The molecule has 0 aliphatic carbocycles. The van der Waals surface area contributed by atoms with Gasteiger partial charge in [-0.15, -0.1) is 0 Å². The van der Waals surface area contributed by atoms with Gasteiger partial charge in [0.15, 0.2) is 6.40 Å². The van der Waals surface area contributed by atoms with Crippen molar-refractivity contribution in [1.82, 2.24) is 0 Å². The highest BCUT2D eigenvalue weighted by molar-refractivity contribution is 5.88. The molecule has 1 amide bonds. The Morgan fingerprint density at radius 1 is 0.929 bits per heavy atom. The summed E-state index contributed by atoms with van der Waals surface area (Å²) in [5.41, 5.74) is 4.93. The molecule has 0 aromatic heterocycles. The van der Waals surface area contributed by atoms with Crippen LogP contribution in [0.4, 0.5) is 5.69 Å². The zero-order valence-corrected chi connectivity index (χ0v) is 16.1. The van der Waals surface area contributed by atoms with E-state index in [9.17, 15) is 4.79 Å². The van der Waals surface area contributed by atoms with Crippen molar-refractivity contribution in [2.24, 2.45) is 0 Å². The van der Waals surface area contributed by atoms with Gasteiger partial charge < -0.3 is 10.1 Å². The van der Waals surface area contributed by atoms with Crippen molar-refractivity contribution in [3.8, 4) is 0 Å². The zero-order chi connectivity index (χ0) is 20.0. The smallest absolute Gasteiger partial charge is 0.221 e. The maximum absolute atomic E-state index is 11.3. The average molecular weight is 372 g/mol. The van der Waals surface area contributed by atoms with Gasteiger partial charge in [-0.05, 0) is 41.3 Å². The number of carbonyl (C=O) groups is 1. The van der Waals surface area contributed by atoms with E-state index in [4.69, 9.17) is 10.1 Å². The Morgan fingerprint density at radius 3 is 2.00 bits per heavy atom. The molecule has 1 unspecified atom stereocenters. The van der Waals surface area contributed by atoms with Crippen LogP contribution in [0.1, 0.15) is 36.1 Å². The van der Waals surface area contributed by atoms with Gasteiger partial charge in [-0.3, -0.25) is 10.2 Å². The number of ether oxygens (including phenoxy) is 1. The van der Waals surface area contributed by atoms with Crippen molar-refractivity contribution >= 4 is 18.0 Å². The third-order valence-electron chi connectivity index (χ3n) is 5.00. The number of amides is 1. The Hall–Kier alpha value is -3.40. The molecule has 3 aromatic rings. The largest absolute Gasteiger partial charge is 0.479 e. The van der Waals surface area contributed by atoms with Crippen LogP contribution in [0.25, 0.3) is 0 Å². The van der Waals surface area contributed by atoms with Gasteiger partial charge in [0.05, 0.1) is 0 Å². The molecular weight excluding hydrogens is 348 g/mol. The number of nitrogens with one attached hydrogen (secondary N) is 2. The minimum Gasteiger partial charge on any atom is -0.479 e. The van der Waals surface area contributed by atoms with Gasteiger partial charge >= 0.3 is 0 Å². The summed E-state index contributed by atoms with van der Waals surface area (Å²) in [4.78, 5) is 11.3. The Labute approximate surface area is 165 Å². The Kier molecular flexibility index (Phi) is 5.90. The van der Waals surface area contributed by atoms with Crippen LogP contribution in [0.2, 0.25) is 0 Å².